The van der Waals surface area contributed by atoms with Crippen LogP contribution in [0.3, 0.4) is 0 Å². The minimum Gasteiger partial charge on any atom is -0.444 e. The number of rotatable bonds is 4. The Morgan fingerprint density at radius 3 is 2.65 bits per heavy atom. The van der Waals surface area contributed by atoms with Crippen molar-refractivity contribution in [3.63, 3.8) is 0 Å². The van der Waals surface area contributed by atoms with Crippen molar-refractivity contribution in [1.82, 2.24) is 15.5 Å². The summed E-state index contributed by atoms with van der Waals surface area (Å²) in [4.78, 5) is 18.4. The number of likely N-dealkylation sites (tertiary alicyclic amines) is 1. The number of hydrogen-bond acceptors (Lipinski definition) is 3. The Labute approximate surface area is 157 Å². The van der Waals surface area contributed by atoms with Gasteiger partial charge in [-0.05, 0) is 45.1 Å². The highest BCUT2D eigenvalue weighted by Gasteiger charge is 2.27. The zero-order valence-corrected chi connectivity index (χ0v) is 16.4. The van der Waals surface area contributed by atoms with Gasteiger partial charge in [-0.15, -0.1) is 0 Å². The van der Waals surface area contributed by atoms with E-state index >= 15 is 0 Å². The largest absolute Gasteiger partial charge is 0.444 e. The molecule has 1 aromatic rings. The van der Waals surface area contributed by atoms with Gasteiger partial charge in [0.25, 0.3) is 0 Å². The number of carbonyl (C=O) groups is 1. The normalized spacial score (nSPS) is 18.4. The number of benzene rings is 1. The minimum atomic E-state index is -0.453. The van der Waals surface area contributed by atoms with E-state index in [0.29, 0.717) is 5.92 Å². The molecule has 1 aromatic carbocycles. The third-order valence-electron chi connectivity index (χ3n) is 4.26. The molecule has 0 bridgehead atoms. The zero-order chi connectivity index (χ0) is 19.0. The van der Waals surface area contributed by atoms with E-state index in [1.54, 1.807) is 7.05 Å². The molecule has 1 aliphatic heterocycles. The van der Waals surface area contributed by atoms with E-state index in [9.17, 15) is 4.79 Å². The quantitative estimate of drug-likeness (QED) is 0.640. The lowest BCUT2D eigenvalue weighted by atomic mass is 9.98. The number of carbonyl (C=O) groups excluding carboxylic acids is 1. The van der Waals surface area contributed by atoms with Gasteiger partial charge in [0.15, 0.2) is 5.96 Å². The van der Waals surface area contributed by atoms with Crippen LogP contribution in [0.25, 0.3) is 0 Å². The smallest absolute Gasteiger partial charge is 0.410 e. The molecule has 0 aromatic heterocycles. The standard InChI is InChI=1S/C20H32N4O2/c1-20(2,3)26-19(25)24-12-8-11-17(15-24)14-23-18(21-4)22-13-16-9-6-5-7-10-16/h5-7,9-10,17H,8,11-15H2,1-4H3,(H2,21,22,23). The van der Waals surface area contributed by atoms with Crippen LogP contribution < -0.4 is 10.6 Å². The van der Waals surface area contributed by atoms with Crippen LogP contribution in [0.1, 0.15) is 39.2 Å². The summed E-state index contributed by atoms with van der Waals surface area (Å²) in [5.41, 5.74) is 0.760. The molecule has 2 rings (SSSR count). The van der Waals surface area contributed by atoms with Crippen molar-refractivity contribution in [3.05, 3.63) is 35.9 Å². The maximum atomic E-state index is 12.3. The van der Waals surface area contributed by atoms with Gasteiger partial charge in [0, 0.05) is 33.2 Å². The van der Waals surface area contributed by atoms with Gasteiger partial charge in [0.05, 0.1) is 0 Å². The molecule has 1 fully saturated rings. The van der Waals surface area contributed by atoms with Crippen molar-refractivity contribution in [3.8, 4) is 0 Å². The molecule has 0 spiro atoms. The van der Waals surface area contributed by atoms with Crippen molar-refractivity contribution in [2.45, 2.75) is 45.8 Å². The molecule has 0 saturated carbocycles. The average Bonchev–Trinajstić information content (AvgIpc) is 2.61. The molecule has 1 atom stereocenters. The SMILES string of the molecule is CN=C(NCc1ccccc1)NCC1CCCN(C(=O)OC(C)(C)C)C1. The van der Waals surface area contributed by atoms with E-state index in [4.69, 9.17) is 4.74 Å². The van der Waals surface area contributed by atoms with Gasteiger partial charge < -0.3 is 20.3 Å². The lowest BCUT2D eigenvalue weighted by Gasteiger charge is -2.34. The zero-order valence-electron chi connectivity index (χ0n) is 16.4. The first-order valence-electron chi connectivity index (χ1n) is 9.34. The first kappa shape index (κ1) is 20.1. The Hall–Kier alpha value is -2.24. The van der Waals surface area contributed by atoms with Gasteiger partial charge in [0.2, 0.25) is 0 Å². The number of piperidine rings is 1. The molecule has 26 heavy (non-hydrogen) atoms. The summed E-state index contributed by atoms with van der Waals surface area (Å²) < 4.78 is 5.49. The molecule has 1 aliphatic rings. The second-order valence-electron chi connectivity index (χ2n) is 7.73. The number of nitrogens with one attached hydrogen (secondary N) is 2. The van der Waals surface area contributed by atoms with Crippen molar-refractivity contribution < 1.29 is 9.53 Å². The van der Waals surface area contributed by atoms with Crippen LogP contribution in [0.15, 0.2) is 35.3 Å². The number of hydrogen-bond donors (Lipinski definition) is 2. The van der Waals surface area contributed by atoms with Crippen LogP contribution in [-0.4, -0.2) is 49.2 Å². The molecule has 1 saturated heterocycles. The monoisotopic (exact) mass is 360 g/mol. The van der Waals surface area contributed by atoms with Gasteiger partial charge in [0.1, 0.15) is 5.60 Å². The summed E-state index contributed by atoms with van der Waals surface area (Å²) in [5.74, 6) is 1.18. The Bertz CT molecular complexity index is 596. The first-order valence-corrected chi connectivity index (χ1v) is 9.34. The van der Waals surface area contributed by atoms with Crippen molar-refractivity contribution in [2.75, 3.05) is 26.7 Å². The maximum Gasteiger partial charge on any atom is 0.410 e. The summed E-state index contributed by atoms with van der Waals surface area (Å²) in [5, 5.41) is 6.70. The number of ether oxygens (including phenoxy) is 1. The molecule has 6 nitrogen and oxygen atoms in total. The predicted octanol–water partition coefficient (Wildman–Crippen LogP) is 3.00. The van der Waals surface area contributed by atoms with Gasteiger partial charge >= 0.3 is 6.09 Å². The number of nitrogens with zero attached hydrogens (tertiary/aromatic N) is 2. The second kappa shape index (κ2) is 9.46. The van der Waals surface area contributed by atoms with Crippen LogP contribution in [0, 0.1) is 5.92 Å². The van der Waals surface area contributed by atoms with Crippen molar-refractivity contribution in [1.29, 1.82) is 0 Å². The summed E-state index contributed by atoms with van der Waals surface area (Å²) in [6.45, 7) is 8.70. The van der Waals surface area contributed by atoms with Crippen LogP contribution in [0.5, 0.6) is 0 Å². The molecule has 6 heteroatoms. The lowest BCUT2D eigenvalue weighted by molar-refractivity contribution is 0.0168. The Kier molecular flexibility index (Phi) is 7.30. The molecule has 0 radical (unpaired) electrons. The Morgan fingerprint density at radius 2 is 2.00 bits per heavy atom. The Morgan fingerprint density at radius 1 is 1.27 bits per heavy atom. The molecule has 0 aliphatic carbocycles. The van der Waals surface area contributed by atoms with E-state index in [2.05, 4.69) is 27.8 Å². The molecular formula is C20H32N4O2. The van der Waals surface area contributed by atoms with Crippen LogP contribution in [0.2, 0.25) is 0 Å². The third-order valence-corrected chi connectivity index (χ3v) is 4.26. The molecule has 1 amide bonds. The van der Waals surface area contributed by atoms with Crippen molar-refractivity contribution in [2.24, 2.45) is 10.9 Å². The summed E-state index contributed by atoms with van der Waals surface area (Å²) in [6, 6.07) is 10.2. The minimum absolute atomic E-state index is 0.214. The maximum absolute atomic E-state index is 12.3. The fourth-order valence-electron chi connectivity index (χ4n) is 2.97. The number of aliphatic imine (C=N–C) groups is 1. The summed E-state index contributed by atoms with van der Waals surface area (Å²) >= 11 is 0. The topological polar surface area (TPSA) is 66.0 Å². The highest BCUT2D eigenvalue weighted by Crippen LogP contribution is 2.18. The highest BCUT2D eigenvalue weighted by atomic mass is 16.6. The number of guanidine groups is 1. The van der Waals surface area contributed by atoms with Gasteiger partial charge in [-0.1, -0.05) is 30.3 Å². The molecule has 144 valence electrons. The highest BCUT2D eigenvalue weighted by molar-refractivity contribution is 5.79. The fourth-order valence-corrected chi connectivity index (χ4v) is 2.97. The van der Waals surface area contributed by atoms with Gasteiger partial charge in [-0.3, -0.25) is 4.99 Å². The second-order valence-corrected chi connectivity index (χ2v) is 7.73. The first-order chi connectivity index (χ1) is 12.4. The predicted molar refractivity (Wildman–Crippen MR) is 105 cm³/mol. The summed E-state index contributed by atoms with van der Waals surface area (Å²) in [7, 11) is 1.77. The van der Waals surface area contributed by atoms with Crippen molar-refractivity contribution >= 4 is 12.1 Å². The van der Waals surface area contributed by atoms with Gasteiger partial charge in [-0.25, -0.2) is 4.79 Å². The Balaban J connectivity index is 1.77. The van der Waals surface area contributed by atoms with Gasteiger partial charge in [-0.2, -0.15) is 0 Å². The lowest BCUT2D eigenvalue weighted by Crippen LogP contribution is -2.47. The number of amides is 1. The van der Waals surface area contributed by atoms with E-state index in [0.717, 1.165) is 45.0 Å². The molecule has 1 unspecified atom stereocenters. The third kappa shape index (κ3) is 6.94. The fraction of sp³-hybridized carbons (Fsp3) is 0.600. The molecular weight excluding hydrogens is 328 g/mol. The van der Waals surface area contributed by atoms with E-state index in [1.165, 1.54) is 5.56 Å². The molecule has 2 N–H and O–H groups in total. The molecule has 1 heterocycles. The van der Waals surface area contributed by atoms with E-state index < -0.39 is 5.60 Å². The summed E-state index contributed by atoms with van der Waals surface area (Å²) in [6.07, 6.45) is 1.89. The van der Waals surface area contributed by atoms with Crippen LogP contribution >= 0.6 is 0 Å². The van der Waals surface area contributed by atoms with E-state index in [1.807, 2.05) is 43.9 Å². The van der Waals surface area contributed by atoms with Crippen LogP contribution in [-0.2, 0) is 11.3 Å². The van der Waals surface area contributed by atoms with E-state index in [-0.39, 0.29) is 6.09 Å². The average molecular weight is 361 g/mol. The van der Waals surface area contributed by atoms with Crippen LogP contribution in [0.4, 0.5) is 4.79 Å².